The Kier molecular flexibility index (Phi) is 4.12. The van der Waals surface area contributed by atoms with Crippen LogP contribution in [0.4, 0.5) is 10.1 Å². The van der Waals surface area contributed by atoms with E-state index in [1.165, 1.54) is 22.8 Å². The number of nitrogens with zero attached hydrogens (tertiary/aromatic N) is 2. The van der Waals surface area contributed by atoms with E-state index in [0.717, 1.165) is 0 Å². The van der Waals surface area contributed by atoms with E-state index >= 15 is 0 Å². The normalized spacial score (nSPS) is 10.8. The molecule has 2 aromatic carbocycles. The summed E-state index contributed by atoms with van der Waals surface area (Å²) in [6, 6.07) is 11.1. The summed E-state index contributed by atoms with van der Waals surface area (Å²) in [5.74, 6) is -0.270. The Morgan fingerprint density at radius 2 is 1.96 bits per heavy atom. The number of benzene rings is 2. The first-order chi connectivity index (χ1) is 11.5. The minimum atomic E-state index is -0.369. The smallest absolute Gasteiger partial charge is 0.261 e. The molecule has 0 saturated carbocycles. The largest absolute Gasteiger partial charge is 0.324 e. The number of anilines is 1. The lowest BCUT2D eigenvalue weighted by molar-refractivity contribution is -0.116. The highest BCUT2D eigenvalue weighted by atomic mass is 19.1. The van der Waals surface area contributed by atoms with Gasteiger partial charge in [-0.25, -0.2) is 9.37 Å². The minimum absolute atomic E-state index is 0.153. The average Bonchev–Trinajstić information content (AvgIpc) is 2.54. The van der Waals surface area contributed by atoms with Gasteiger partial charge in [0.2, 0.25) is 5.91 Å². The Balaban J connectivity index is 1.89. The molecule has 0 aliphatic carbocycles. The molecule has 0 unspecified atom stereocenters. The maximum Gasteiger partial charge on any atom is 0.261 e. The first-order valence-electron chi connectivity index (χ1n) is 7.48. The van der Waals surface area contributed by atoms with Crippen LogP contribution in [0.2, 0.25) is 0 Å². The van der Waals surface area contributed by atoms with Gasteiger partial charge in [0, 0.05) is 5.69 Å². The molecule has 5 nitrogen and oxygen atoms in total. The summed E-state index contributed by atoms with van der Waals surface area (Å²) < 4.78 is 14.4. The third-order valence-electron chi connectivity index (χ3n) is 3.82. The first-order valence-corrected chi connectivity index (χ1v) is 7.48. The van der Waals surface area contributed by atoms with Crippen molar-refractivity contribution in [3.63, 3.8) is 0 Å². The SMILES string of the molecule is Cc1cc(F)ccc1NC(=O)Cn1c(C)nc2ccccc2c1=O. The molecule has 1 N–H and O–H groups in total. The highest BCUT2D eigenvalue weighted by Gasteiger charge is 2.12. The van der Waals surface area contributed by atoms with Gasteiger partial charge in [-0.3, -0.25) is 14.2 Å². The first kappa shape index (κ1) is 15.9. The Labute approximate surface area is 137 Å². The second-order valence-electron chi connectivity index (χ2n) is 5.57. The lowest BCUT2D eigenvalue weighted by atomic mass is 10.2. The number of amides is 1. The number of hydrogen-bond acceptors (Lipinski definition) is 3. The van der Waals surface area contributed by atoms with Crippen LogP contribution in [-0.2, 0) is 11.3 Å². The van der Waals surface area contributed by atoms with Gasteiger partial charge < -0.3 is 5.32 Å². The van der Waals surface area contributed by atoms with Gasteiger partial charge in [-0.1, -0.05) is 12.1 Å². The average molecular weight is 325 g/mol. The van der Waals surface area contributed by atoms with Crippen LogP contribution in [0.1, 0.15) is 11.4 Å². The summed E-state index contributed by atoms with van der Waals surface area (Å²) in [6.07, 6.45) is 0. The summed E-state index contributed by atoms with van der Waals surface area (Å²) in [7, 11) is 0. The van der Waals surface area contributed by atoms with E-state index in [-0.39, 0.29) is 23.8 Å². The molecule has 24 heavy (non-hydrogen) atoms. The van der Waals surface area contributed by atoms with Gasteiger partial charge in [-0.15, -0.1) is 0 Å². The molecule has 0 atom stereocenters. The Hall–Kier alpha value is -3.02. The third kappa shape index (κ3) is 3.03. The molecular formula is C18H16FN3O2. The number of halogens is 1. The highest BCUT2D eigenvalue weighted by Crippen LogP contribution is 2.15. The van der Waals surface area contributed by atoms with E-state index in [9.17, 15) is 14.0 Å². The number of nitrogens with one attached hydrogen (secondary N) is 1. The van der Waals surface area contributed by atoms with Gasteiger partial charge in [0.1, 0.15) is 18.2 Å². The Bertz CT molecular complexity index is 995. The molecule has 6 heteroatoms. The number of hydrogen-bond donors (Lipinski definition) is 1. The number of carbonyl (C=O) groups is 1. The number of para-hydroxylation sites is 1. The summed E-state index contributed by atoms with van der Waals surface area (Å²) in [5.41, 5.74) is 1.47. The van der Waals surface area contributed by atoms with E-state index in [0.29, 0.717) is 28.0 Å². The van der Waals surface area contributed by atoms with Crippen LogP contribution in [0.25, 0.3) is 10.9 Å². The Morgan fingerprint density at radius 1 is 1.21 bits per heavy atom. The van der Waals surface area contributed by atoms with Gasteiger partial charge in [0.25, 0.3) is 5.56 Å². The van der Waals surface area contributed by atoms with Crippen LogP contribution in [0.3, 0.4) is 0 Å². The number of aromatic nitrogens is 2. The van der Waals surface area contributed by atoms with Crippen molar-refractivity contribution in [2.45, 2.75) is 20.4 Å². The van der Waals surface area contributed by atoms with Crippen LogP contribution in [0.15, 0.2) is 47.3 Å². The zero-order chi connectivity index (χ0) is 17.3. The molecule has 0 saturated heterocycles. The summed E-state index contributed by atoms with van der Waals surface area (Å²) in [5, 5.41) is 3.16. The van der Waals surface area contributed by atoms with E-state index in [4.69, 9.17) is 0 Å². The highest BCUT2D eigenvalue weighted by molar-refractivity contribution is 5.91. The molecular weight excluding hydrogens is 309 g/mol. The van der Waals surface area contributed by atoms with Crippen molar-refractivity contribution in [3.05, 3.63) is 70.0 Å². The van der Waals surface area contributed by atoms with E-state index in [1.807, 2.05) is 6.07 Å². The van der Waals surface area contributed by atoms with E-state index < -0.39 is 0 Å². The second-order valence-corrected chi connectivity index (χ2v) is 5.57. The van der Waals surface area contributed by atoms with Gasteiger partial charge in [0.15, 0.2) is 0 Å². The predicted molar refractivity (Wildman–Crippen MR) is 90.5 cm³/mol. The molecule has 0 spiro atoms. The predicted octanol–water partition coefficient (Wildman–Crippen LogP) is 2.79. The van der Waals surface area contributed by atoms with Gasteiger partial charge >= 0.3 is 0 Å². The topological polar surface area (TPSA) is 64.0 Å². The second kappa shape index (κ2) is 6.23. The number of fused-ring (bicyclic) bond motifs is 1. The molecule has 3 aromatic rings. The van der Waals surface area contributed by atoms with E-state index in [2.05, 4.69) is 10.3 Å². The maximum absolute atomic E-state index is 13.1. The fraction of sp³-hybridized carbons (Fsp3) is 0.167. The molecule has 0 aliphatic rings. The number of rotatable bonds is 3. The Morgan fingerprint density at radius 3 is 2.71 bits per heavy atom. The monoisotopic (exact) mass is 325 g/mol. The summed E-state index contributed by atoms with van der Waals surface area (Å²) in [6.45, 7) is 3.23. The van der Waals surface area contributed by atoms with Gasteiger partial charge in [-0.2, -0.15) is 0 Å². The minimum Gasteiger partial charge on any atom is -0.324 e. The quantitative estimate of drug-likeness (QED) is 0.805. The molecule has 0 fully saturated rings. The summed E-state index contributed by atoms with van der Waals surface area (Å²) in [4.78, 5) is 29.2. The molecule has 3 rings (SSSR count). The van der Waals surface area contributed by atoms with Gasteiger partial charge in [0.05, 0.1) is 10.9 Å². The summed E-state index contributed by atoms with van der Waals surface area (Å²) >= 11 is 0. The van der Waals surface area contributed by atoms with Crippen LogP contribution in [-0.4, -0.2) is 15.5 Å². The fourth-order valence-corrected chi connectivity index (χ4v) is 2.57. The molecule has 1 heterocycles. The number of aryl methyl sites for hydroxylation is 2. The van der Waals surface area contributed by atoms with Crippen LogP contribution >= 0.6 is 0 Å². The maximum atomic E-state index is 13.1. The van der Waals surface area contributed by atoms with Crippen molar-refractivity contribution in [3.8, 4) is 0 Å². The molecule has 1 amide bonds. The fourth-order valence-electron chi connectivity index (χ4n) is 2.57. The van der Waals surface area contributed by atoms with E-state index in [1.54, 1.807) is 32.0 Å². The molecule has 0 radical (unpaired) electrons. The van der Waals surface area contributed by atoms with Gasteiger partial charge in [-0.05, 0) is 49.7 Å². The van der Waals surface area contributed by atoms with Crippen molar-refractivity contribution in [1.82, 2.24) is 9.55 Å². The lowest BCUT2D eigenvalue weighted by Crippen LogP contribution is -2.30. The van der Waals surface area contributed by atoms with Crippen LogP contribution in [0, 0.1) is 19.7 Å². The van der Waals surface area contributed by atoms with Crippen molar-refractivity contribution in [1.29, 1.82) is 0 Å². The number of carbonyl (C=O) groups excluding carboxylic acids is 1. The van der Waals surface area contributed by atoms with Crippen LogP contribution < -0.4 is 10.9 Å². The standard InChI is InChI=1S/C18H16FN3O2/c1-11-9-13(19)7-8-15(11)21-17(23)10-22-12(2)20-16-6-4-3-5-14(16)18(22)24/h3-9H,10H2,1-2H3,(H,21,23). The molecule has 1 aromatic heterocycles. The van der Waals surface area contributed by atoms with Crippen LogP contribution in [0.5, 0.6) is 0 Å². The van der Waals surface area contributed by atoms with Crippen molar-refractivity contribution < 1.29 is 9.18 Å². The third-order valence-corrected chi connectivity index (χ3v) is 3.82. The zero-order valence-corrected chi connectivity index (χ0v) is 13.3. The zero-order valence-electron chi connectivity index (χ0n) is 13.3. The molecule has 0 bridgehead atoms. The van der Waals surface area contributed by atoms with Crippen molar-refractivity contribution in [2.24, 2.45) is 0 Å². The van der Waals surface area contributed by atoms with Crippen molar-refractivity contribution >= 4 is 22.5 Å². The lowest BCUT2D eigenvalue weighted by Gasteiger charge is -2.12. The van der Waals surface area contributed by atoms with Crippen molar-refractivity contribution in [2.75, 3.05) is 5.32 Å². The molecule has 122 valence electrons. The molecule has 0 aliphatic heterocycles.